The molecule has 3 heteroatoms. The molecule has 0 aromatic carbocycles. The Morgan fingerprint density at radius 1 is 1.38 bits per heavy atom. The minimum atomic E-state index is 0.326. The standard InChI is InChI=1S/C10H22NOS/c1-6-9(13-5)8-11(3,4)10(12)7-2/h9H,6-8H2,1-5H3/q+1. The average molecular weight is 204 g/mol. The third-order valence-electron chi connectivity index (χ3n) is 2.43. The second kappa shape index (κ2) is 5.66. The first-order chi connectivity index (χ1) is 5.97. The number of carbonyl (C=O) groups is 1. The maximum absolute atomic E-state index is 11.6. The lowest BCUT2D eigenvalue weighted by Crippen LogP contribution is -2.48. The van der Waals surface area contributed by atoms with Crippen molar-refractivity contribution < 1.29 is 9.28 Å². The van der Waals surface area contributed by atoms with E-state index in [1.165, 1.54) is 0 Å². The van der Waals surface area contributed by atoms with Crippen LogP contribution in [0.5, 0.6) is 0 Å². The number of amides is 1. The summed E-state index contributed by atoms with van der Waals surface area (Å²) in [5, 5.41) is 0.602. The Kier molecular flexibility index (Phi) is 5.65. The van der Waals surface area contributed by atoms with Crippen LogP contribution in [0, 0.1) is 0 Å². The Bertz CT molecular complexity index is 164. The maximum Gasteiger partial charge on any atom is 0.313 e. The molecular weight excluding hydrogens is 182 g/mol. The summed E-state index contributed by atoms with van der Waals surface area (Å²) in [6, 6.07) is 0. The van der Waals surface area contributed by atoms with Crippen LogP contribution < -0.4 is 0 Å². The van der Waals surface area contributed by atoms with E-state index in [4.69, 9.17) is 0 Å². The zero-order valence-corrected chi connectivity index (χ0v) is 10.3. The molecule has 0 aliphatic carbocycles. The highest BCUT2D eigenvalue weighted by atomic mass is 32.2. The third kappa shape index (κ3) is 4.14. The first-order valence-corrected chi connectivity index (χ1v) is 6.15. The van der Waals surface area contributed by atoms with Crippen molar-refractivity contribution in [1.82, 2.24) is 0 Å². The maximum atomic E-state index is 11.6. The van der Waals surface area contributed by atoms with E-state index in [1.807, 2.05) is 32.8 Å². The number of rotatable bonds is 5. The van der Waals surface area contributed by atoms with Crippen molar-refractivity contribution in [3.63, 3.8) is 0 Å². The summed E-state index contributed by atoms with van der Waals surface area (Å²) in [5.41, 5.74) is 0. The van der Waals surface area contributed by atoms with E-state index in [2.05, 4.69) is 13.2 Å². The lowest BCUT2D eigenvalue weighted by molar-refractivity contribution is -0.813. The van der Waals surface area contributed by atoms with Gasteiger partial charge in [-0.25, -0.2) is 4.79 Å². The topological polar surface area (TPSA) is 17.1 Å². The van der Waals surface area contributed by atoms with Gasteiger partial charge in [-0.05, 0) is 12.7 Å². The van der Waals surface area contributed by atoms with E-state index in [0.29, 0.717) is 22.1 Å². The zero-order valence-electron chi connectivity index (χ0n) is 9.46. The predicted molar refractivity (Wildman–Crippen MR) is 59.9 cm³/mol. The molecule has 1 unspecified atom stereocenters. The van der Waals surface area contributed by atoms with Gasteiger partial charge in [-0.1, -0.05) is 13.8 Å². The number of quaternary nitrogens is 1. The fourth-order valence-electron chi connectivity index (χ4n) is 1.41. The van der Waals surface area contributed by atoms with Crippen LogP contribution >= 0.6 is 11.8 Å². The SMILES string of the molecule is CCC(=O)[N+](C)(C)CC(CC)SC. The van der Waals surface area contributed by atoms with Gasteiger partial charge in [0.05, 0.1) is 32.3 Å². The highest BCUT2D eigenvalue weighted by molar-refractivity contribution is 7.99. The Morgan fingerprint density at radius 2 is 1.92 bits per heavy atom. The minimum Gasteiger partial charge on any atom is -0.264 e. The molecule has 0 radical (unpaired) electrons. The second-order valence-corrected chi connectivity index (χ2v) is 5.02. The van der Waals surface area contributed by atoms with Gasteiger partial charge in [0.25, 0.3) is 0 Å². The fraction of sp³-hybridized carbons (Fsp3) is 0.900. The largest absolute Gasteiger partial charge is 0.313 e. The molecule has 0 aromatic rings. The Morgan fingerprint density at radius 3 is 2.23 bits per heavy atom. The van der Waals surface area contributed by atoms with Crippen LogP contribution in [0.3, 0.4) is 0 Å². The van der Waals surface area contributed by atoms with Crippen molar-refractivity contribution in [3.05, 3.63) is 0 Å². The van der Waals surface area contributed by atoms with Crippen molar-refractivity contribution in [3.8, 4) is 0 Å². The lowest BCUT2D eigenvalue weighted by Gasteiger charge is -2.29. The molecular formula is C10H22NOS+. The number of nitrogens with zero attached hydrogens (tertiary/aromatic N) is 1. The van der Waals surface area contributed by atoms with Crippen LogP contribution in [0.4, 0.5) is 0 Å². The Balaban J connectivity index is 4.21. The zero-order chi connectivity index (χ0) is 10.5. The molecule has 0 aliphatic heterocycles. The molecule has 0 rings (SSSR count). The minimum absolute atomic E-state index is 0.326. The monoisotopic (exact) mass is 204 g/mol. The van der Waals surface area contributed by atoms with E-state index >= 15 is 0 Å². The Hall–Kier alpha value is -0.0200. The summed E-state index contributed by atoms with van der Waals surface area (Å²) >= 11 is 1.86. The van der Waals surface area contributed by atoms with Crippen LogP contribution in [0.25, 0.3) is 0 Å². The normalized spacial score (nSPS) is 14.2. The van der Waals surface area contributed by atoms with Gasteiger partial charge in [-0.3, -0.25) is 4.48 Å². The molecule has 78 valence electrons. The van der Waals surface area contributed by atoms with Crippen LogP contribution in [0.2, 0.25) is 0 Å². The molecule has 2 nitrogen and oxygen atoms in total. The molecule has 0 heterocycles. The van der Waals surface area contributed by atoms with Crippen molar-refractivity contribution in [2.24, 2.45) is 0 Å². The van der Waals surface area contributed by atoms with Crippen molar-refractivity contribution in [2.75, 3.05) is 26.9 Å². The molecule has 0 saturated heterocycles. The van der Waals surface area contributed by atoms with E-state index in [0.717, 1.165) is 13.0 Å². The molecule has 13 heavy (non-hydrogen) atoms. The highest BCUT2D eigenvalue weighted by Crippen LogP contribution is 2.15. The van der Waals surface area contributed by atoms with Crippen LogP contribution in [-0.2, 0) is 4.79 Å². The van der Waals surface area contributed by atoms with Gasteiger partial charge in [-0.2, -0.15) is 11.8 Å². The van der Waals surface area contributed by atoms with Gasteiger partial charge in [0.2, 0.25) is 0 Å². The summed E-state index contributed by atoms with van der Waals surface area (Å²) in [6.07, 6.45) is 3.89. The quantitative estimate of drug-likeness (QED) is 0.638. The number of carbonyl (C=O) groups excluding carboxylic acids is 1. The van der Waals surface area contributed by atoms with E-state index < -0.39 is 0 Å². The first kappa shape index (κ1) is 13.0. The molecule has 1 amide bonds. The van der Waals surface area contributed by atoms with Crippen molar-refractivity contribution >= 4 is 17.7 Å². The lowest BCUT2D eigenvalue weighted by atomic mass is 10.2. The molecule has 0 aromatic heterocycles. The average Bonchev–Trinajstić information content (AvgIpc) is 2.12. The number of hydrogen-bond donors (Lipinski definition) is 0. The van der Waals surface area contributed by atoms with Crippen LogP contribution in [0.15, 0.2) is 0 Å². The number of thioether (sulfide) groups is 1. The molecule has 0 bridgehead atoms. The highest BCUT2D eigenvalue weighted by Gasteiger charge is 2.27. The second-order valence-electron chi connectivity index (χ2n) is 3.88. The summed E-state index contributed by atoms with van der Waals surface area (Å²) in [5.74, 6) is 0.326. The summed E-state index contributed by atoms with van der Waals surface area (Å²) in [7, 11) is 4.01. The van der Waals surface area contributed by atoms with E-state index in [-0.39, 0.29) is 0 Å². The van der Waals surface area contributed by atoms with Gasteiger partial charge in [0, 0.05) is 0 Å². The van der Waals surface area contributed by atoms with Gasteiger partial charge in [0.1, 0.15) is 0 Å². The fourth-order valence-corrected chi connectivity index (χ4v) is 2.26. The molecule has 1 atom stereocenters. The molecule has 0 N–H and O–H groups in total. The molecule has 0 aliphatic rings. The Labute approximate surface area is 86.3 Å². The van der Waals surface area contributed by atoms with Gasteiger partial charge in [-0.15, -0.1) is 0 Å². The van der Waals surface area contributed by atoms with Crippen molar-refractivity contribution in [1.29, 1.82) is 0 Å². The van der Waals surface area contributed by atoms with E-state index in [9.17, 15) is 4.79 Å². The van der Waals surface area contributed by atoms with Gasteiger partial charge >= 0.3 is 5.91 Å². The summed E-state index contributed by atoms with van der Waals surface area (Å²) in [4.78, 5) is 11.6. The van der Waals surface area contributed by atoms with Crippen LogP contribution in [-0.4, -0.2) is 42.5 Å². The van der Waals surface area contributed by atoms with Gasteiger partial charge < -0.3 is 0 Å². The molecule has 0 spiro atoms. The van der Waals surface area contributed by atoms with E-state index in [1.54, 1.807) is 0 Å². The first-order valence-electron chi connectivity index (χ1n) is 4.87. The van der Waals surface area contributed by atoms with Gasteiger partial charge in [0.15, 0.2) is 0 Å². The smallest absolute Gasteiger partial charge is 0.264 e. The van der Waals surface area contributed by atoms with Crippen LogP contribution in [0.1, 0.15) is 26.7 Å². The molecule has 0 fully saturated rings. The summed E-state index contributed by atoms with van der Waals surface area (Å²) in [6.45, 7) is 5.06. The molecule has 0 saturated carbocycles. The van der Waals surface area contributed by atoms with Crippen molar-refractivity contribution in [2.45, 2.75) is 31.9 Å². The number of hydrogen-bond acceptors (Lipinski definition) is 2. The third-order valence-corrected chi connectivity index (χ3v) is 3.58. The summed E-state index contributed by atoms with van der Waals surface area (Å²) < 4.78 is 0.524. The predicted octanol–water partition coefficient (Wildman–Crippen LogP) is 2.14.